The molecule has 1 fully saturated rings. The largest absolute Gasteiger partial charge is 0.395 e. The fraction of sp³-hybridized carbons (Fsp3) is 0.600. The maximum Gasteiger partial charge on any atom is 0.0550 e. The minimum absolute atomic E-state index is 0.00906. The lowest BCUT2D eigenvalue weighted by atomic mass is 9.73. The lowest BCUT2D eigenvalue weighted by Gasteiger charge is -2.35. The van der Waals surface area contributed by atoms with Gasteiger partial charge in [0, 0.05) is 18.6 Å². The molecular weight excluding hydrogens is 228 g/mol. The van der Waals surface area contributed by atoms with E-state index in [0.29, 0.717) is 5.92 Å². The fourth-order valence-electron chi connectivity index (χ4n) is 2.77. The van der Waals surface area contributed by atoms with Crippen LogP contribution in [0, 0.1) is 5.92 Å². The van der Waals surface area contributed by atoms with Crippen molar-refractivity contribution in [2.45, 2.75) is 24.7 Å². The summed E-state index contributed by atoms with van der Waals surface area (Å²) in [5.41, 5.74) is 0.519. The van der Waals surface area contributed by atoms with Crippen molar-refractivity contribution in [1.29, 1.82) is 0 Å². The summed E-state index contributed by atoms with van der Waals surface area (Å²) in [4.78, 5) is 0. The number of ether oxygens (including phenoxy) is 1. The van der Waals surface area contributed by atoms with Crippen molar-refractivity contribution in [1.82, 2.24) is 0 Å². The molecule has 100 valence electrons. The summed E-state index contributed by atoms with van der Waals surface area (Å²) >= 11 is 0. The molecule has 0 bridgehead atoms. The Hall–Kier alpha value is -0.900. The molecule has 18 heavy (non-hydrogen) atoms. The predicted octanol–water partition coefficient (Wildman–Crippen LogP) is 1.73. The maximum atomic E-state index is 9.77. The molecule has 3 nitrogen and oxygen atoms in total. The average molecular weight is 250 g/mol. The first-order valence-electron chi connectivity index (χ1n) is 6.66. The molecule has 1 heterocycles. The number of aliphatic hydroxyl groups is 2. The van der Waals surface area contributed by atoms with Crippen LogP contribution in [0.15, 0.2) is 30.3 Å². The van der Waals surface area contributed by atoms with Crippen molar-refractivity contribution < 1.29 is 14.9 Å². The average Bonchev–Trinajstić information content (AvgIpc) is 2.47. The highest BCUT2D eigenvalue weighted by atomic mass is 16.5. The topological polar surface area (TPSA) is 49.7 Å². The van der Waals surface area contributed by atoms with Crippen LogP contribution < -0.4 is 0 Å². The lowest BCUT2D eigenvalue weighted by molar-refractivity contribution is 0.0354. The van der Waals surface area contributed by atoms with E-state index >= 15 is 0 Å². The predicted molar refractivity (Wildman–Crippen MR) is 70.5 cm³/mol. The second-order valence-corrected chi connectivity index (χ2v) is 5.22. The third kappa shape index (κ3) is 2.91. The summed E-state index contributed by atoms with van der Waals surface area (Å²) < 4.78 is 5.36. The SMILES string of the molecule is OCC(CO)(CC1CCOCC1)c1ccccc1. The molecule has 2 N–H and O–H groups in total. The second kappa shape index (κ2) is 6.32. The van der Waals surface area contributed by atoms with Crippen LogP contribution in [0.3, 0.4) is 0 Å². The highest BCUT2D eigenvalue weighted by molar-refractivity contribution is 5.26. The third-order valence-corrected chi connectivity index (χ3v) is 4.01. The van der Waals surface area contributed by atoms with Gasteiger partial charge >= 0.3 is 0 Å². The molecule has 1 saturated heterocycles. The Labute approximate surface area is 108 Å². The number of rotatable bonds is 5. The van der Waals surface area contributed by atoms with E-state index in [1.807, 2.05) is 30.3 Å². The van der Waals surface area contributed by atoms with Crippen molar-refractivity contribution in [2.75, 3.05) is 26.4 Å². The van der Waals surface area contributed by atoms with Crippen molar-refractivity contribution in [3.8, 4) is 0 Å². The first-order valence-corrected chi connectivity index (χ1v) is 6.66. The van der Waals surface area contributed by atoms with Gasteiger partial charge in [-0.25, -0.2) is 0 Å². The first kappa shape index (κ1) is 13.5. The van der Waals surface area contributed by atoms with E-state index in [1.54, 1.807) is 0 Å². The minimum atomic E-state index is -0.511. The summed E-state index contributed by atoms with van der Waals surface area (Å²) in [5.74, 6) is 0.526. The summed E-state index contributed by atoms with van der Waals surface area (Å²) in [6.07, 6.45) is 2.87. The van der Waals surface area contributed by atoms with E-state index in [4.69, 9.17) is 4.74 Å². The summed E-state index contributed by atoms with van der Waals surface area (Å²) in [6, 6.07) is 9.85. The Morgan fingerprint density at radius 1 is 1.06 bits per heavy atom. The van der Waals surface area contributed by atoms with Crippen LogP contribution in [0.1, 0.15) is 24.8 Å². The molecule has 0 saturated carbocycles. The number of hydrogen-bond acceptors (Lipinski definition) is 3. The number of hydrogen-bond donors (Lipinski definition) is 2. The van der Waals surface area contributed by atoms with E-state index in [9.17, 15) is 10.2 Å². The molecule has 1 aromatic rings. The van der Waals surface area contributed by atoms with Gasteiger partial charge in [-0.15, -0.1) is 0 Å². The van der Waals surface area contributed by atoms with Crippen LogP contribution in [0.25, 0.3) is 0 Å². The molecule has 0 aliphatic carbocycles. The minimum Gasteiger partial charge on any atom is -0.395 e. The molecule has 0 spiro atoms. The normalized spacial score (nSPS) is 17.9. The molecule has 2 rings (SSSR count). The molecule has 0 amide bonds. The quantitative estimate of drug-likeness (QED) is 0.836. The highest BCUT2D eigenvalue weighted by Crippen LogP contribution is 2.34. The number of benzene rings is 1. The molecule has 0 unspecified atom stereocenters. The van der Waals surface area contributed by atoms with Gasteiger partial charge in [0.25, 0.3) is 0 Å². The smallest absolute Gasteiger partial charge is 0.0550 e. The van der Waals surface area contributed by atoms with Gasteiger partial charge in [0.1, 0.15) is 0 Å². The zero-order chi connectivity index (χ0) is 12.8. The highest BCUT2D eigenvalue weighted by Gasteiger charge is 2.34. The molecule has 1 aliphatic heterocycles. The molecule has 1 aromatic carbocycles. The van der Waals surface area contributed by atoms with Gasteiger partial charge in [-0.05, 0) is 30.7 Å². The van der Waals surface area contributed by atoms with Crippen LogP contribution in [-0.2, 0) is 10.2 Å². The Morgan fingerprint density at radius 2 is 1.67 bits per heavy atom. The summed E-state index contributed by atoms with van der Waals surface area (Å²) in [7, 11) is 0. The van der Waals surface area contributed by atoms with Gasteiger partial charge < -0.3 is 14.9 Å². The Kier molecular flexibility index (Phi) is 4.75. The zero-order valence-electron chi connectivity index (χ0n) is 10.7. The van der Waals surface area contributed by atoms with Crippen LogP contribution >= 0.6 is 0 Å². The van der Waals surface area contributed by atoms with Gasteiger partial charge in [0.2, 0.25) is 0 Å². The third-order valence-electron chi connectivity index (χ3n) is 4.01. The van der Waals surface area contributed by atoms with Crippen molar-refractivity contribution in [2.24, 2.45) is 5.92 Å². The molecule has 1 aliphatic rings. The van der Waals surface area contributed by atoms with Crippen LogP contribution in [0.5, 0.6) is 0 Å². The van der Waals surface area contributed by atoms with Gasteiger partial charge in [-0.3, -0.25) is 0 Å². The summed E-state index contributed by atoms with van der Waals surface area (Å²) in [6.45, 7) is 1.58. The Balaban J connectivity index is 2.15. The molecule has 0 aromatic heterocycles. The van der Waals surface area contributed by atoms with Crippen molar-refractivity contribution >= 4 is 0 Å². The Bertz CT molecular complexity index is 340. The Morgan fingerprint density at radius 3 is 2.22 bits per heavy atom. The lowest BCUT2D eigenvalue weighted by Crippen LogP contribution is -2.38. The monoisotopic (exact) mass is 250 g/mol. The second-order valence-electron chi connectivity index (χ2n) is 5.22. The first-order chi connectivity index (χ1) is 8.80. The van der Waals surface area contributed by atoms with E-state index in [-0.39, 0.29) is 13.2 Å². The molecule has 0 atom stereocenters. The van der Waals surface area contributed by atoms with Gasteiger partial charge in [0.15, 0.2) is 0 Å². The van der Waals surface area contributed by atoms with Crippen molar-refractivity contribution in [3.05, 3.63) is 35.9 Å². The zero-order valence-corrected chi connectivity index (χ0v) is 10.7. The molecule has 0 radical (unpaired) electrons. The van der Waals surface area contributed by atoms with Gasteiger partial charge in [-0.2, -0.15) is 0 Å². The van der Waals surface area contributed by atoms with Gasteiger partial charge in [0.05, 0.1) is 13.2 Å². The van der Waals surface area contributed by atoms with Crippen LogP contribution in [-0.4, -0.2) is 36.6 Å². The molecule has 3 heteroatoms. The van der Waals surface area contributed by atoms with E-state index in [0.717, 1.165) is 38.0 Å². The maximum absolute atomic E-state index is 9.77. The standard InChI is InChI=1S/C15H22O3/c16-11-15(12-17,14-4-2-1-3-5-14)10-13-6-8-18-9-7-13/h1-5,13,16-17H,6-12H2. The van der Waals surface area contributed by atoms with Crippen molar-refractivity contribution in [3.63, 3.8) is 0 Å². The molecular formula is C15H22O3. The fourth-order valence-corrected chi connectivity index (χ4v) is 2.77. The van der Waals surface area contributed by atoms with Crippen LogP contribution in [0.4, 0.5) is 0 Å². The van der Waals surface area contributed by atoms with E-state index < -0.39 is 5.41 Å². The van der Waals surface area contributed by atoms with Gasteiger partial charge in [-0.1, -0.05) is 30.3 Å². The van der Waals surface area contributed by atoms with Crippen LogP contribution in [0.2, 0.25) is 0 Å². The van der Waals surface area contributed by atoms with E-state index in [1.165, 1.54) is 0 Å². The summed E-state index contributed by atoms with van der Waals surface area (Å²) in [5, 5.41) is 19.5. The number of aliphatic hydroxyl groups excluding tert-OH is 2. The van der Waals surface area contributed by atoms with E-state index in [2.05, 4.69) is 0 Å².